The van der Waals surface area contributed by atoms with Gasteiger partial charge in [0, 0.05) is 69.5 Å². The lowest BCUT2D eigenvalue weighted by molar-refractivity contribution is -0.144. The van der Waals surface area contributed by atoms with Crippen molar-refractivity contribution in [1.82, 2.24) is 14.1 Å². The van der Waals surface area contributed by atoms with Crippen molar-refractivity contribution in [3.05, 3.63) is 29.3 Å². The first-order chi connectivity index (χ1) is 19.1. The van der Waals surface area contributed by atoms with Gasteiger partial charge in [-0.05, 0) is 76.5 Å². The zero-order valence-corrected chi connectivity index (χ0v) is 25.0. The van der Waals surface area contributed by atoms with Gasteiger partial charge in [0.15, 0.2) is 0 Å². The van der Waals surface area contributed by atoms with Crippen molar-refractivity contribution >= 4 is 21.6 Å². The molecule has 4 aliphatic heterocycles. The molecule has 0 radical (unpaired) electrons. The predicted octanol–water partition coefficient (Wildman–Crippen LogP) is 4.63. The van der Waals surface area contributed by atoms with E-state index in [0.717, 1.165) is 11.6 Å². The van der Waals surface area contributed by atoms with Crippen molar-refractivity contribution in [2.75, 3.05) is 56.5 Å². The second-order valence-electron chi connectivity index (χ2n) is 13.1. The second kappa shape index (κ2) is 11.0. The van der Waals surface area contributed by atoms with E-state index in [-0.39, 0.29) is 36.2 Å². The molecule has 230 valence electrons. The van der Waals surface area contributed by atoms with Gasteiger partial charge in [-0.1, -0.05) is 6.07 Å². The summed E-state index contributed by atoms with van der Waals surface area (Å²) in [6.45, 7) is 8.79. The maximum atomic E-state index is 15.8. The molecule has 0 unspecified atom stereocenters. The van der Waals surface area contributed by atoms with Crippen LogP contribution in [0.15, 0.2) is 18.2 Å². The highest BCUT2D eigenvalue weighted by Crippen LogP contribution is 2.41. The molecular weight excluding hydrogens is 560 g/mol. The maximum absolute atomic E-state index is 15.8. The number of benzene rings is 1. The van der Waals surface area contributed by atoms with Gasteiger partial charge in [0.1, 0.15) is 0 Å². The molecular formula is C29H42F4N4O3S. The van der Waals surface area contributed by atoms with Crippen LogP contribution in [0.1, 0.15) is 76.3 Å². The topological polar surface area (TPSA) is 64.2 Å². The van der Waals surface area contributed by atoms with E-state index in [1.165, 1.54) is 6.07 Å². The zero-order valence-electron chi connectivity index (χ0n) is 24.2. The fourth-order valence-electron chi connectivity index (χ4n) is 7.00. The summed E-state index contributed by atoms with van der Waals surface area (Å²) in [5.41, 5.74) is -1.50. The number of alkyl halides is 4. The molecule has 0 bridgehead atoms. The van der Waals surface area contributed by atoms with E-state index < -0.39 is 33.3 Å². The van der Waals surface area contributed by atoms with Crippen molar-refractivity contribution in [2.24, 2.45) is 0 Å². The van der Waals surface area contributed by atoms with Crippen LogP contribution in [0.5, 0.6) is 0 Å². The normalized spacial score (nSPS) is 27.6. The summed E-state index contributed by atoms with van der Waals surface area (Å²) >= 11 is 0. The van der Waals surface area contributed by atoms with Gasteiger partial charge in [0.2, 0.25) is 15.7 Å². The molecule has 5 rings (SSSR count). The molecule has 0 aromatic heterocycles. The van der Waals surface area contributed by atoms with Crippen molar-refractivity contribution in [3.8, 4) is 0 Å². The van der Waals surface area contributed by atoms with E-state index in [9.17, 15) is 26.4 Å². The van der Waals surface area contributed by atoms with E-state index in [1.807, 2.05) is 30.6 Å². The highest BCUT2D eigenvalue weighted by Gasteiger charge is 2.50. The molecule has 1 atom stereocenters. The molecule has 4 heterocycles. The maximum Gasteiger partial charge on any atom is 0.416 e. The summed E-state index contributed by atoms with van der Waals surface area (Å²) in [5, 5.41) is 0. The third-order valence-electron chi connectivity index (χ3n) is 9.48. The number of sulfonamides is 1. The van der Waals surface area contributed by atoms with Crippen LogP contribution in [0, 0.1) is 0 Å². The van der Waals surface area contributed by atoms with E-state index in [2.05, 4.69) is 0 Å². The number of rotatable bonds is 4. The van der Waals surface area contributed by atoms with Crippen molar-refractivity contribution < 1.29 is 30.8 Å². The SMILES string of the molecule is CC(C)(C)N1CC[C@](F)(C(=O)N2CCC(c3ccc(C(F)(F)F)cc3N3CCC(N4CCCS4(=O)=O)CC3)CC2)C1. The third kappa shape index (κ3) is 6.25. The van der Waals surface area contributed by atoms with Gasteiger partial charge < -0.3 is 9.80 Å². The quantitative estimate of drug-likeness (QED) is 0.471. The Morgan fingerprint density at radius 2 is 1.61 bits per heavy atom. The highest BCUT2D eigenvalue weighted by molar-refractivity contribution is 7.89. The molecule has 4 aliphatic rings. The Morgan fingerprint density at radius 3 is 2.15 bits per heavy atom. The molecule has 0 spiro atoms. The highest BCUT2D eigenvalue weighted by atomic mass is 32.2. The molecule has 0 N–H and O–H groups in total. The molecule has 0 aliphatic carbocycles. The average Bonchev–Trinajstić information content (AvgIpc) is 3.50. The monoisotopic (exact) mass is 602 g/mol. The Kier molecular flexibility index (Phi) is 8.17. The minimum atomic E-state index is -4.48. The number of likely N-dealkylation sites (tertiary alicyclic amines) is 2. The lowest BCUT2D eigenvalue weighted by Gasteiger charge is -2.40. The molecule has 7 nitrogen and oxygen atoms in total. The van der Waals surface area contributed by atoms with Crippen molar-refractivity contribution in [2.45, 2.75) is 88.6 Å². The molecule has 1 aromatic carbocycles. The molecule has 1 amide bonds. The number of carbonyl (C=O) groups is 1. The lowest BCUT2D eigenvalue weighted by Crippen LogP contribution is -2.51. The largest absolute Gasteiger partial charge is 0.416 e. The van der Waals surface area contributed by atoms with Crippen LogP contribution in [0.2, 0.25) is 0 Å². The van der Waals surface area contributed by atoms with Crippen molar-refractivity contribution in [3.63, 3.8) is 0 Å². The van der Waals surface area contributed by atoms with Gasteiger partial charge in [-0.25, -0.2) is 12.8 Å². The number of piperidine rings is 2. The predicted molar refractivity (Wildman–Crippen MR) is 150 cm³/mol. The number of nitrogens with zero attached hydrogens (tertiary/aromatic N) is 4. The van der Waals surface area contributed by atoms with Gasteiger partial charge in [-0.2, -0.15) is 17.5 Å². The van der Waals surface area contributed by atoms with E-state index in [4.69, 9.17) is 0 Å². The van der Waals surface area contributed by atoms with Gasteiger partial charge in [-0.15, -0.1) is 0 Å². The first-order valence-corrected chi connectivity index (χ1v) is 16.4. The van der Waals surface area contributed by atoms with Gasteiger partial charge in [-0.3, -0.25) is 9.69 Å². The molecule has 4 fully saturated rings. The van der Waals surface area contributed by atoms with E-state index >= 15 is 4.39 Å². The minimum absolute atomic E-state index is 0.0572. The summed E-state index contributed by atoms with van der Waals surface area (Å²) in [6, 6.07) is 3.78. The zero-order chi connectivity index (χ0) is 29.8. The fourth-order valence-corrected chi connectivity index (χ4v) is 8.80. The third-order valence-corrected chi connectivity index (χ3v) is 11.5. The number of anilines is 1. The first-order valence-electron chi connectivity index (χ1n) is 14.8. The molecule has 4 saturated heterocycles. The Hall–Kier alpha value is -1.92. The molecule has 12 heteroatoms. The van der Waals surface area contributed by atoms with E-state index in [0.29, 0.717) is 77.1 Å². The van der Waals surface area contributed by atoms with Crippen molar-refractivity contribution in [1.29, 1.82) is 0 Å². The molecule has 41 heavy (non-hydrogen) atoms. The summed E-state index contributed by atoms with van der Waals surface area (Å²) in [7, 11) is -3.25. The van der Waals surface area contributed by atoms with Crippen LogP contribution >= 0.6 is 0 Å². The van der Waals surface area contributed by atoms with Crippen LogP contribution in [0.3, 0.4) is 0 Å². The van der Waals surface area contributed by atoms with Crippen LogP contribution in [0.4, 0.5) is 23.2 Å². The van der Waals surface area contributed by atoms with Crippen LogP contribution in [0.25, 0.3) is 0 Å². The van der Waals surface area contributed by atoms with Crippen LogP contribution in [-0.2, 0) is 21.0 Å². The summed E-state index contributed by atoms with van der Waals surface area (Å²) in [6.07, 6.45) is -1.49. The summed E-state index contributed by atoms with van der Waals surface area (Å²) in [4.78, 5) is 18.8. The van der Waals surface area contributed by atoms with Gasteiger partial charge in [0.25, 0.3) is 5.91 Å². The van der Waals surface area contributed by atoms with Crippen LogP contribution < -0.4 is 4.90 Å². The standard InChI is InChI=1S/C29H42F4N4O3S/c1-27(2,3)36-17-11-28(30,20-36)26(38)35-13-7-21(8-14-35)24-6-5-22(29(31,32)33)19-25(24)34-15-9-23(10-16-34)37-12-4-18-41(37,39)40/h5-6,19,21,23H,4,7-18,20H2,1-3H3/t28-/m1/s1. The number of halogens is 4. The smallest absolute Gasteiger partial charge is 0.371 e. The summed E-state index contributed by atoms with van der Waals surface area (Å²) in [5.74, 6) is -0.377. The number of hydrogen-bond acceptors (Lipinski definition) is 5. The molecule has 0 saturated carbocycles. The molecule has 1 aromatic rings. The van der Waals surface area contributed by atoms with Gasteiger partial charge >= 0.3 is 6.18 Å². The number of amides is 1. The lowest BCUT2D eigenvalue weighted by atomic mass is 9.86. The second-order valence-corrected chi connectivity index (χ2v) is 15.2. The number of hydrogen-bond donors (Lipinski definition) is 0. The number of carbonyl (C=O) groups excluding carboxylic acids is 1. The Bertz CT molecular complexity index is 1240. The first kappa shape index (κ1) is 30.5. The Labute approximate surface area is 240 Å². The average molecular weight is 603 g/mol. The Balaban J connectivity index is 1.28. The van der Waals surface area contributed by atoms with Crippen LogP contribution in [-0.4, -0.2) is 97.2 Å². The Morgan fingerprint density at radius 1 is 0.951 bits per heavy atom. The van der Waals surface area contributed by atoms with Gasteiger partial charge in [0.05, 0.1) is 11.3 Å². The summed E-state index contributed by atoms with van der Waals surface area (Å²) < 4.78 is 83.3. The minimum Gasteiger partial charge on any atom is -0.371 e. The van der Waals surface area contributed by atoms with E-state index in [1.54, 1.807) is 15.3 Å². The fraction of sp³-hybridized carbons (Fsp3) is 0.759.